The number of rotatable bonds is 4. The molecule has 0 saturated carbocycles. The predicted molar refractivity (Wildman–Crippen MR) is 55.7 cm³/mol. The first-order valence-corrected chi connectivity index (χ1v) is 7.08. The van der Waals surface area contributed by atoms with E-state index in [4.69, 9.17) is 0 Å². The second-order valence-corrected chi connectivity index (χ2v) is 5.88. The Hall–Kier alpha value is -0.720. The highest BCUT2D eigenvalue weighted by Gasteiger charge is 2.12. The van der Waals surface area contributed by atoms with E-state index in [0.717, 1.165) is 0 Å². The van der Waals surface area contributed by atoms with Crippen LogP contribution in [0.3, 0.4) is 0 Å². The minimum Gasteiger partial charge on any atom is -0.259 e. The summed E-state index contributed by atoms with van der Waals surface area (Å²) < 4.78 is 35.9. The highest BCUT2D eigenvalue weighted by atomic mass is 32.2. The van der Waals surface area contributed by atoms with E-state index in [1.807, 2.05) is 0 Å². The molecule has 0 amide bonds. The zero-order valence-corrected chi connectivity index (χ0v) is 9.27. The first-order chi connectivity index (χ1) is 6.52. The molecule has 0 spiro atoms. The zero-order valence-electron chi connectivity index (χ0n) is 7.64. The lowest BCUT2D eigenvalue weighted by molar-refractivity contribution is 0.586. The summed E-state index contributed by atoms with van der Waals surface area (Å²) in [5.41, 5.74) is 0. The average Bonchev–Trinajstić information content (AvgIpc) is 2.16. The number of sulfonamides is 1. The Morgan fingerprint density at radius 3 is 2.36 bits per heavy atom. The molecule has 0 aliphatic carbocycles. The Morgan fingerprint density at radius 2 is 1.86 bits per heavy atom. The van der Waals surface area contributed by atoms with Gasteiger partial charge in [0.15, 0.2) is 0 Å². The fourth-order valence-electron chi connectivity index (χ4n) is 0.844. The van der Waals surface area contributed by atoms with Crippen LogP contribution in [0.25, 0.3) is 0 Å². The van der Waals surface area contributed by atoms with Crippen molar-refractivity contribution in [2.45, 2.75) is 4.90 Å². The van der Waals surface area contributed by atoms with Crippen molar-refractivity contribution >= 4 is 20.8 Å². The highest BCUT2D eigenvalue weighted by molar-refractivity contribution is 7.91. The maximum Gasteiger partial charge on any atom is 0.241 e. The van der Waals surface area contributed by atoms with Crippen molar-refractivity contribution in [2.75, 3.05) is 12.1 Å². The molecule has 78 valence electrons. The zero-order chi connectivity index (χ0) is 10.6. The predicted octanol–water partition coefficient (Wildman–Crippen LogP) is 0.301. The van der Waals surface area contributed by atoms with Gasteiger partial charge in [0.1, 0.15) is 0 Å². The Balaban J connectivity index is 2.82. The number of nitrogens with one attached hydrogen (secondary N) is 1. The molecule has 4 nitrogen and oxygen atoms in total. The fourth-order valence-corrected chi connectivity index (χ4v) is 2.81. The van der Waals surface area contributed by atoms with Crippen molar-refractivity contribution in [1.82, 2.24) is 4.72 Å². The smallest absolute Gasteiger partial charge is 0.241 e. The average molecular weight is 233 g/mol. The highest BCUT2D eigenvalue weighted by Crippen LogP contribution is 2.06. The first kappa shape index (κ1) is 11.4. The fraction of sp³-hybridized carbons (Fsp3) is 0.250. The van der Waals surface area contributed by atoms with Gasteiger partial charge in [0.05, 0.1) is 10.8 Å². The quantitative estimate of drug-likeness (QED) is 0.813. The molecule has 6 heteroatoms. The lowest BCUT2D eigenvalue weighted by atomic mass is 10.4. The van der Waals surface area contributed by atoms with Crippen LogP contribution >= 0.6 is 0 Å². The van der Waals surface area contributed by atoms with Gasteiger partial charge in [-0.3, -0.25) is 4.21 Å². The van der Waals surface area contributed by atoms with Crippen LogP contribution in [-0.2, 0) is 20.8 Å². The minimum atomic E-state index is -3.50. The SMILES string of the molecule is CS(=O)CNS(=O)(=O)c1ccccc1. The van der Waals surface area contributed by atoms with Crippen molar-refractivity contribution < 1.29 is 12.6 Å². The van der Waals surface area contributed by atoms with Crippen molar-refractivity contribution in [3.63, 3.8) is 0 Å². The van der Waals surface area contributed by atoms with E-state index in [2.05, 4.69) is 4.72 Å². The maximum atomic E-state index is 11.5. The lowest BCUT2D eigenvalue weighted by Crippen LogP contribution is -2.26. The molecule has 1 aromatic rings. The van der Waals surface area contributed by atoms with Gasteiger partial charge in [-0.2, -0.15) is 4.72 Å². The van der Waals surface area contributed by atoms with Crippen LogP contribution in [0, 0.1) is 0 Å². The normalized spacial score (nSPS) is 13.8. The Kier molecular flexibility index (Phi) is 3.79. The summed E-state index contributed by atoms with van der Waals surface area (Å²) in [7, 11) is -4.67. The van der Waals surface area contributed by atoms with E-state index < -0.39 is 20.8 Å². The van der Waals surface area contributed by atoms with E-state index >= 15 is 0 Å². The molecular formula is C8H11NO3S2. The largest absolute Gasteiger partial charge is 0.259 e. The summed E-state index contributed by atoms with van der Waals surface area (Å²) in [5, 5.41) is 0. The lowest BCUT2D eigenvalue weighted by Gasteiger charge is -2.04. The second kappa shape index (κ2) is 4.68. The van der Waals surface area contributed by atoms with Gasteiger partial charge in [0, 0.05) is 17.1 Å². The molecule has 1 unspecified atom stereocenters. The van der Waals surface area contributed by atoms with Gasteiger partial charge in [0.2, 0.25) is 10.0 Å². The maximum absolute atomic E-state index is 11.5. The van der Waals surface area contributed by atoms with Crippen LogP contribution in [0.4, 0.5) is 0 Å². The Morgan fingerprint density at radius 1 is 1.29 bits per heavy atom. The summed E-state index contributed by atoms with van der Waals surface area (Å²) in [4.78, 5) is 0.186. The van der Waals surface area contributed by atoms with Crippen LogP contribution in [0.2, 0.25) is 0 Å². The summed E-state index contributed by atoms with van der Waals surface area (Å²) in [5.74, 6) is -0.0583. The molecule has 1 N–H and O–H groups in total. The summed E-state index contributed by atoms with van der Waals surface area (Å²) in [6.45, 7) is 0. The molecule has 0 aliphatic rings. The number of hydrogen-bond acceptors (Lipinski definition) is 3. The second-order valence-electron chi connectivity index (χ2n) is 2.68. The molecule has 0 bridgehead atoms. The van der Waals surface area contributed by atoms with Gasteiger partial charge in [-0.15, -0.1) is 0 Å². The molecule has 0 radical (unpaired) electrons. The van der Waals surface area contributed by atoms with Gasteiger partial charge < -0.3 is 0 Å². The van der Waals surface area contributed by atoms with Crippen LogP contribution in [0.15, 0.2) is 35.2 Å². The molecule has 0 saturated heterocycles. The van der Waals surface area contributed by atoms with Crippen molar-refractivity contribution in [2.24, 2.45) is 0 Å². The molecule has 14 heavy (non-hydrogen) atoms. The molecule has 0 heterocycles. The topological polar surface area (TPSA) is 63.2 Å². The third-order valence-corrected chi connectivity index (χ3v) is 3.66. The van der Waals surface area contributed by atoms with Crippen molar-refractivity contribution in [3.8, 4) is 0 Å². The van der Waals surface area contributed by atoms with Crippen LogP contribution in [0.5, 0.6) is 0 Å². The van der Waals surface area contributed by atoms with Gasteiger partial charge in [-0.25, -0.2) is 8.42 Å². The molecule has 0 fully saturated rings. The molecule has 0 aromatic heterocycles. The standard InChI is InChI=1S/C8H11NO3S2/c1-13(10)7-9-14(11,12)8-5-3-2-4-6-8/h2-6,9H,7H2,1H3. The van der Waals surface area contributed by atoms with Gasteiger partial charge >= 0.3 is 0 Å². The van der Waals surface area contributed by atoms with Gasteiger partial charge in [-0.1, -0.05) is 18.2 Å². The van der Waals surface area contributed by atoms with Gasteiger partial charge in [0.25, 0.3) is 0 Å². The third kappa shape index (κ3) is 3.21. The van der Waals surface area contributed by atoms with Crippen LogP contribution < -0.4 is 4.72 Å². The molecule has 1 atom stereocenters. The van der Waals surface area contributed by atoms with Crippen molar-refractivity contribution in [3.05, 3.63) is 30.3 Å². The molecule has 0 aliphatic heterocycles. The summed E-state index contributed by atoms with van der Waals surface area (Å²) in [6.07, 6.45) is 1.44. The first-order valence-electron chi connectivity index (χ1n) is 3.87. The molecule has 1 rings (SSSR count). The van der Waals surface area contributed by atoms with Crippen LogP contribution in [-0.4, -0.2) is 24.8 Å². The minimum absolute atomic E-state index is 0.0583. The number of hydrogen-bond donors (Lipinski definition) is 1. The molecule has 1 aromatic carbocycles. The van der Waals surface area contributed by atoms with E-state index in [-0.39, 0.29) is 10.8 Å². The monoisotopic (exact) mass is 233 g/mol. The van der Waals surface area contributed by atoms with Crippen LogP contribution in [0.1, 0.15) is 0 Å². The van der Waals surface area contributed by atoms with Crippen molar-refractivity contribution in [1.29, 1.82) is 0 Å². The summed E-state index contributed by atoms with van der Waals surface area (Å²) in [6, 6.07) is 7.98. The Bertz CT molecular complexity index is 413. The van der Waals surface area contributed by atoms with E-state index in [9.17, 15) is 12.6 Å². The van der Waals surface area contributed by atoms with E-state index in [0.29, 0.717) is 0 Å². The number of benzene rings is 1. The van der Waals surface area contributed by atoms with E-state index in [1.165, 1.54) is 18.4 Å². The third-order valence-electron chi connectivity index (χ3n) is 1.51. The Labute approximate surface area is 85.8 Å². The molecular weight excluding hydrogens is 222 g/mol. The van der Waals surface area contributed by atoms with Gasteiger partial charge in [-0.05, 0) is 12.1 Å². The van der Waals surface area contributed by atoms with E-state index in [1.54, 1.807) is 18.2 Å². The summed E-state index contributed by atoms with van der Waals surface area (Å²) >= 11 is 0.